The van der Waals surface area contributed by atoms with Gasteiger partial charge in [0.05, 0.1) is 11.8 Å². The van der Waals surface area contributed by atoms with Crippen molar-refractivity contribution in [3.63, 3.8) is 0 Å². The number of carbonyl (C=O) groups is 1. The monoisotopic (exact) mass is 343 g/mol. The number of nitrogens with zero attached hydrogens (tertiary/aromatic N) is 1. The lowest BCUT2D eigenvalue weighted by Crippen LogP contribution is -2.31. The molecule has 1 aliphatic heterocycles. The first-order chi connectivity index (χ1) is 11.3. The van der Waals surface area contributed by atoms with Gasteiger partial charge in [-0.3, -0.25) is 4.79 Å². The van der Waals surface area contributed by atoms with Crippen molar-refractivity contribution in [2.45, 2.75) is 43.0 Å². The molecule has 1 amide bonds. The summed E-state index contributed by atoms with van der Waals surface area (Å²) in [6.07, 6.45) is 5.92. The molecular weight excluding hydrogens is 322 g/mol. The minimum Gasteiger partial charge on any atom is -0.334 e. The Morgan fingerprint density at radius 1 is 1.22 bits per heavy atom. The van der Waals surface area contributed by atoms with Crippen LogP contribution in [0.5, 0.6) is 0 Å². The zero-order valence-electron chi connectivity index (χ0n) is 13.2. The minimum absolute atomic E-state index is 0.284. The van der Waals surface area contributed by atoms with Gasteiger partial charge in [-0.1, -0.05) is 12.1 Å². The van der Waals surface area contributed by atoms with E-state index in [1.165, 1.54) is 40.2 Å². The van der Waals surface area contributed by atoms with Crippen LogP contribution >= 0.6 is 23.1 Å². The lowest BCUT2D eigenvalue weighted by Gasteiger charge is -2.23. The van der Waals surface area contributed by atoms with E-state index in [4.69, 9.17) is 0 Å². The SMILES string of the molecule is O=C(CSc1ccc2c(c1)CCC2)N1CCCC1c1cccs1. The number of carbonyl (C=O) groups excluding carboxylic acids is 1. The third-order valence-corrected chi connectivity index (χ3v) is 6.83. The van der Waals surface area contributed by atoms with Crippen LogP contribution in [0.25, 0.3) is 0 Å². The molecule has 1 aromatic heterocycles. The summed E-state index contributed by atoms with van der Waals surface area (Å²) in [7, 11) is 0. The molecule has 0 saturated carbocycles. The molecule has 0 N–H and O–H groups in total. The first-order valence-corrected chi connectivity index (χ1v) is 10.3. The van der Waals surface area contributed by atoms with Gasteiger partial charge < -0.3 is 4.90 Å². The molecule has 2 heterocycles. The van der Waals surface area contributed by atoms with E-state index in [0.717, 1.165) is 19.4 Å². The molecule has 0 spiro atoms. The predicted molar refractivity (Wildman–Crippen MR) is 97.2 cm³/mol. The molecule has 1 atom stereocenters. The maximum atomic E-state index is 12.7. The molecule has 1 saturated heterocycles. The van der Waals surface area contributed by atoms with Gasteiger partial charge in [0, 0.05) is 16.3 Å². The molecule has 2 aromatic rings. The van der Waals surface area contributed by atoms with Gasteiger partial charge in [-0.05, 0) is 66.8 Å². The summed E-state index contributed by atoms with van der Waals surface area (Å²) in [4.78, 5) is 17.3. The van der Waals surface area contributed by atoms with Crippen LogP contribution in [-0.4, -0.2) is 23.1 Å². The van der Waals surface area contributed by atoms with E-state index in [1.807, 2.05) is 0 Å². The Labute approximate surface area is 145 Å². The highest BCUT2D eigenvalue weighted by Crippen LogP contribution is 2.35. The number of likely N-dealkylation sites (tertiary alicyclic amines) is 1. The number of aryl methyl sites for hydroxylation is 2. The summed E-state index contributed by atoms with van der Waals surface area (Å²) in [5.41, 5.74) is 2.98. The number of hydrogen-bond acceptors (Lipinski definition) is 3. The van der Waals surface area contributed by atoms with Crippen LogP contribution in [0.2, 0.25) is 0 Å². The lowest BCUT2D eigenvalue weighted by atomic mass is 10.1. The Balaban J connectivity index is 1.40. The smallest absolute Gasteiger partial charge is 0.233 e. The molecule has 4 rings (SSSR count). The Morgan fingerprint density at radius 2 is 2.13 bits per heavy atom. The fraction of sp³-hybridized carbons (Fsp3) is 0.421. The second-order valence-electron chi connectivity index (χ2n) is 6.33. The van der Waals surface area contributed by atoms with Gasteiger partial charge in [0.15, 0.2) is 0 Å². The topological polar surface area (TPSA) is 20.3 Å². The normalized spacial score (nSPS) is 20.0. The van der Waals surface area contributed by atoms with Gasteiger partial charge in [0.2, 0.25) is 5.91 Å². The number of amides is 1. The average molecular weight is 344 g/mol. The van der Waals surface area contributed by atoms with E-state index in [-0.39, 0.29) is 5.91 Å². The highest BCUT2D eigenvalue weighted by molar-refractivity contribution is 8.00. The molecule has 2 aliphatic rings. The van der Waals surface area contributed by atoms with Gasteiger partial charge in [-0.25, -0.2) is 0 Å². The van der Waals surface area contributed by atoms with Crippen LogP contribution in [0.15, 0.2) is 40.6 Å². The molecule has 0 bridgehead atoms. The summed E-state index contributed by atoms with van der Waals surface area (Å²) in [6.45, 7) is 0.909. The van der Waals surface area contributed by atoms with E-state index in [9.17, 15) is 4.79 Å². The highest BCUT2D eigenvalue weighted by atomic mass is 32.2. The minimum atomic E-state index is 0.284. The largest absolute Gasteiger partial charge is 0.334 e. The maximum absolute atomic E-state index is 12.7. The van der Waals surface area contributed by atoms with Crippen molar-refractivity contribution >= 4 is 29.0 Å². The fourth-order valence-electron chi connectivity index (χ4n) is 3.71. The zero-order valence-corrected chi connectivity index (χ0v) is 14.8. The summed E-state index contributed by atoms with van der Waals surface area (Å²) in [5, 5.41) is 2.11. The Kier molecular flexibility index (Phi) is 4.45. The molecule has 0 radical (unpaired) electrons. The van der Waals surface area contributed by atoms with Crippen molar-refractivity contribution in [3.05, 3.63) is 51.7 Å². The molecule has 23 heavy (non-hydrogen) atoms. The van der Waals surface area contributed by atoms with Crippen LogP contribution in [-0.2, 0) is 17.6 Å². The Hall–Kier alpha value is -1.26. The second-order valence-corrected chi connectivity index (χ2v) is 8.36. The van der Waals surface area contributed by atoms with E-state index in [0.29, 0.717) is 11.8 Å². The van der Waals surface area contributed by atoms with Crippen LogP contribution in [0.3, 0.4) is 0 Å². The van der Waals surface area contributed by atoms with E-state index >= 15 is 0 Å². The summed E-state index contributed by atoms with van der Waals surface area (Å²) < 4.78 is 0. The molecule has 4 heteroatoms. The number of rotatable bonds is 4. The predicted octanol–water partition coefficient (Wildman–Crippen LogP) is 4.69. The van der Waals surface area contributed by atoms with Crippen LogP contribution in [0.1, 0.15) is 41.3 Å². The molecule has 1 aromatic carbocycles. The maximum Gasteiger partial charge on any atom is 0.233 e. The van der Waals surface area contributed by atoms with Crippen LogP contribution < -0.4 is 0 Å². The third-order valence-electron chi connectivity index (χ3n) is 4.88. The van der Waals surface area contributed by atoms with E-state index in [2.05, 4.69) is 40.6 Å². The summed E-state index contributed by atoms with van der Waals surface area (Å²) >= 11 is 3.46. The van der Waals surface area contributed by atoms with Gasteiger partial charge in [-0.15, -0.1) is 23.1 Å². The lowest BCUT2D eigenvalue weighted by molar-refractivity contribution is -0.129. The van der Waals surface area contributed by atoms with Crippen LogP contribution in [0, 0.1) is 0 Å². The van der Waals surface area contributed by atoms with Crippen molar-refractivity contribution < 1.29 is 4.79 Å². The number of benzene rings is 1. The van der Waals surface area contributed by atoms with E-state index < -0.39 is 0 Å². The Morgan fingerprint density at radius 3 is 3.00 bits per heavy atom. The third kappa shape index (κ3) is 3.20. The number of fused-ring (bicyclic) bond motifs is 1. The molecule has 120 valence electrons. The molecule has 1 fully saturated rings. The second kappa shape index (κ2) is 6.70. The summed E-state index contributed by atoms with van der Waals surface area (Å²) in [6, 6.07) is 11.3. The van der Waals surface area contributed by atoms with Gasteiger partial charge in [0.1, 0.15) is 0 Å². The molecule has 1 unspecified atom stereocenters. The Bertz CT molecular complexity index is 695. The highest BCUT2D eigenvalue weighted by Gasteiger charge is 2.30. The average Bonchev–Trinajstić information content (AvgIpc) is 3.32. The van der Waals surface area contributed by atoms with Gasteiger partial charge in [-0.2, -0.15) is 0 Å². The number of hydrogen-bond donors (Lipinski definition) is 0. The van der Waals surface area contributed by atoms with Crippen molar-refractivity contribution in [1.29, 1.82) is 0 Å². The van der Waals surface area contributed by atoms with Gasteiger partial charge >= 0.3 is 0 Å². The summed E-state index contributed by atoms with van der Waals surface area (Å²) in [5.74, 6) is 0.840. The molecule has 2 nitrogen and oxygen atoms in total. The number of thioether (sulfide) groups is 1. The van der Waals surface area contributed by atoms with E-state index in [1.54, 1.807) is 23.1 Å². The zero-order chi connectivity index (χ0) is 15.6. The van der Waals surface area contributed by atoms with Crippen molar-refractivity contribution in [2.75, 3.05) is 12.3 Å². The van der Waals surface area contributed by atoms with Crippen molar-refractivity contribution in [1.82, 2.24) is 4.90 Å². The standard InChI is InChI=1S/C19H21NOS2/c21-19(20-10-2-6-17(20)18-7-3-11-22-18)13-23-16-9-8-14-4-1-5-15(14)12-16/h3,7-9,11-12,17H,1-2,4-6,10,13H2. The molecular formula is C19H21NOS2. The first-order valence-electron chi connectivity index (χ1n) is 8.39. The first kappa shape index (κ1) is 15.3. The number of thiophene rings is 1. The fourth-order valence-corrected chi connectivity index (χ4v) is 5.43. The quantitative estimate of drug-likeness (QED) is 0.751. The van der Waals surface area contributed by atoms with Crippen molar-refractivity contribution in [3.8, 4) is 0 Å². The van der Waals surface area contributed by atoms with Crippen LogP contribution in [0.4, 0.5) is 0 Å². The van der Waals surface area contributed by atoms with Gasteiger partial charge in [0.25, 0.3) is 0 Å². The van der Waals surface area contributed by atoms with Crippen molar-refractivity contribution in [2.24, 2.45) is 0 Å². The molecule has 1 aliphatic carbocycles.